The number of halogens is 1. The first-order valence-corrected chi connectivity index (χ1v) is 7.52. The third kappa shape index (κ3) is 4.69. The Morgan fingerprint density at radius 3 is 2.37 bits per heavy atom. The van der Waals surface area contributed by atoms with Gasteiger partial charge in [-0.15, -0.1) is 0 Å². The van der Waals surface area contributed by atoms with Gasteiger partial charge in [-0.1, -0.05) is 32.6 Å². The number of aliphatic hydroxyl groups excluding tert-OH is 1. The highest BCUT2D eigenvalue weighted by molar-refractivity contribution is 9.10. The summed E-state index contributed by atoms with van der Waals surface area (Å²) < 4.78 is 11.4. The van der Waals surface area contributed by atoms with E-state index in [4.69, 9.17) is 9.47 Å². The topological polar surface area (TPSA) is 38.7 Å². The molecule has 0 aliphatic carbocycles. The van der Waals surface area contributed by atoms with Crippen molar-refractivity contribution in [2.24, 2.45) is 0 Å². The Hall–Kier alpha value is -0.740. The number of hydrogen-bond donors (Lipinski definition) is 1. The lowest BCUT2D eigenvalue weighted by Gasteiger charge is -2.17. The van der Waals surface area contributed by atoms with Crippen molar-refractivity contribution in [3.05, 3.63) is 22.2 Å². The molecule has 0 bridgehead atoms. The van der Waals surface area contributed by atoms with Crippen LogP contribution in [0.3, 0.4) is 0 Å². The van der Waals surface area contributed by atoms with Crippen LogP contribution < -0.4 is 9.47 Å². The van der Waals surface area contributed by atoms with Gasteiger partial charge in [0.2, 0.25) is 0 Å². The van der Waals surface area contributed by atoms with E-state index in [-0.39, 0.29) is 0 Å². The molecule has 3 nitrogen and oxygen atoms in total. The fraction of sp³-hybridized carbons (Fsp3) is 0.600. The van der Waals surface area contributed by atoms with E-state index in [0.29, 0.717) is 11.5 Å². The number of rotatable bonds is 8. The third-order valence-corrected chi connectivity index (χ3v) is 3.81. The second-order valence-electron chi connectivity index (χ2n) is 4.59. The molecule has 19 heavy (non-hydrogen) atoms. The summed E-state index contributed by atoms with van der Waals surface area (Å²) >= 11 is 3.42. The lowest BCUT2D eigenvalue weighted by Crippen LogP contribution is -2.02. The standard InChI is InChI=1S/C15H23BrO3/c1-4-5-6-7-8-13(17)11-9-15(19-3)12(16)10-14(11)18-2/h9-10,13,17H,4-8H2,1-3H3. The van der Waals surface area contributed by atoms with Crippen LogP contribution in [-0.4, -0.2) is 19.3 Å². The van der Waals surface area contributed by atoms with E-state index < -0.39 is 6.10 Å². The summed E-state index contributed by atoms with van der Waals surface area (Å²) in [7, 11) is 3.23. The molecule has 0 fully saturated rings. The van der Waals surface area contributed by atoms with Gasteiger partial charge in [-0.25, -0.2) is 0 Å². The molecule has 0 aliphatic heterocycles. The molecule has 0 amide bonds. The zero-order chi connectivity index (χ0) is 14.3. The highest BCUT2D eigenvalue weighted by atomic mass is 79.9. The van der Waals surface area contributed by atoms with E-state index in [0.717, 1.165) is 29.3 Å². The van der Waals surface area contributed by atoms with Crippen molar-refractivity contribution in [3.63, 3.8) is 0 Å². The monoisotopic (exact) mass is 330 g/mol. The first-order valence-electron chi connectivity index (χ1n) is 6.73. The lowest BCUT2D eigenvalue weighted by atomic mass is 10.0. The molecule has 0 saturated carbocycles. The van der Waals surface area contributed by atoms with Gasteiger partial charge in [-0.05, 0) is 34.5 Å². The van der Waals surface area contributed by atoms with E-state index in [2.05, 4.69) is 22.9 Å². The van der Waals surface area contributed by atoms with E-state index >= 15 is 0 Å². The zero-order valence-electron chi connectivity index (χ0n) is 11.9. The summed E-state index contributed by atoms with van der Waals surface area (Å²) in [5.41, 5.74) is 0.791. The lowest BCUT2D eigenvalue weighted by molar-refractivity contribution is 0.159. The Bertz CT molecular complexity index is 393. The van der Waals surface area contributed by atoms with Crippen LogP contribution in [0, 0.1) is 0 Å². The summed E-state index contributed by atoms with van der Waals surface area (Å²) in [4.78, 5) is 0. The molecule has 108 valence electrons. The van der Waals surface area contributed by atoms with E-state index in [1.54, 1.807) is 14.2 Å². The number of benzene rings is 1. The number of hydrogen-bond acceptors (Lipinski definition) is 3. The largest absolute Gasteiger partial charge is 0.496 e. The van der Waals surface area contributed by atoms with Crippen molar-refractivity contribution >= 4 is 15.9 Å². The molecule has 0 saturated heterocycles. The number of methoxy groups -OCH3 is 2. The van der Waals surface area contributed by atoms with Gasteiger partial charge in [-0.3, -0.25) is 0 Å². The van der Waals surface area contributed by atoms with Crippen molar-refractivity contribution in [1.82, 2.24) is 0 Å². The summed E-state index contributed by atoms with van der Waals surface area (Å²) in [6.45, 7) is 2.18. The molecule has 0 spiro atoms. The third-order valence-electron chi connectivity index (χ3n) is 3.19. The second-order valence-corrected chi connectivity index (χ2v) is 5.45. The van der Waals surface area contributed by atoms with Crippen molar-refractivity contribution in [1.29, 1.82) is 0 Å². The zero-order valence-corrected chi connectivity index (χ0v) is 13.5. The molecule has 0 heterocycles. The summed E-state index contributed by atoms with van der Waals surface area (Å²) in [5, 5.41) is 10.3. The van der Waals surface area contributed by atoms with Crippen LogP contribution in [0.4, 0.5) is 0 Å². The first kappa shape index (κ1) is 16.3. The molecule has 1 aromatic rings. The molecule has 0 aromatic heterocycles. The SMILES string of the molecule is CCCCCCC(O)c1cc(OC)c(Br)cc1OC. The van der Waals surface area contributed by atoms with Gasteiger partial charge in [0.15, 0.2) is 0 Å². The molecule has 0 radical (unpaired) electrons. The highest BCUT2D eigenvalue weighted by Gasteiger charge is 2.16. The summed E-state index contributed by atoms with van der Waals surface area (Å²) in [6, 6.07) is 3.68. The Balaban J connectivity index is 2.79. The predicted molar refractivity (Wildman–Crippen MR) is 81.0 cm³/mol. The molecule has 1 unspecified atom stereocenters. The van der Waals surface area contributed by atoms with Gasteiger partial charge >= 0.3 is 0 Å². The minimum Gasteiger partial charge on any atom is -0.496 e. The molecule has 1 rings (SSSR count). The fourth-order valence-electron chi connectivity index (χ4n) is 2.06. The number of ether oxygens (including phenoxy) is 2. The second kappa shape index (κ2) is 8.43. The maximum Gasteiger partial charge on any atom is 0.133 e. The van der Waals surface area contributed by atoms with Crippen LogP contribution in [0.5, 0.6) is 11.5 Å². The van der Waals surface area contributed by atoms with Crippen LogP contribution in [0.25, 0.3) is 0 Å². The average molecular weight is 331 g/mol. The Morgan fingerprint density at radius 1 is 1.11 bits per heavy atom. The Morgan fingerprint density at radius 2 is 1.79 bits per heavy atom. The van der Waals surface area contributed by atoms with E-state index in [1.807, 2.05) is 12.1 Å². The number of unbranched alkanes of at least 4 members (excludes halogenated alkanes) is 3. The van der Waals surface area contributed by atoms with Gasteiger partial charge in [-0.2, -0.15) is 0 Å². The van der Waals surface area contributed by atoms with Crippen LogP contribution >= 0.6 is 15.9 Å². The van der Waals surface area contributed by atoms with Gasteiger partial charge in [0.05, 0.1) is 24.8 Å². The molecular formula is C15H23BrO3. The highest BCUT2D eigenvalue weighted by Crippen LogP contribution is 2.37. The van der Waals surface area contributed by atoms with Crippen LogP contribution in [-0.2, 0) is 0 Å². The van der Waals surface area contributed by atoms with E-state index in [9.17, 15) is 5.11 Å². The Kier molecular flexibility index (Phi) is 7.24. The van der Waals surface area contributed by atoms with Gasteiger partial charge in [0.25, 0.3) is 0 Å². The minimum absolute atomic E-state index is 0.506. The molecular weight excluding hydrogens is 308 g/mol. The van der Waals surface area contributed by atoms with Crippen LogP contribution in [0.1, 0.15) is 50.7 Å². The van der Waals surface area contributed by atoms with Crippen molar-refractivity contribution < 1.29 is 14.6 Å². The molecule has 1 N–H and O–H groups in total. The van der Waals surface area contributed by atoms with Crippen LogP contribution in [0.2, 0.25) is 0 Å². The van der Waals surface area contributed by atoms with Gasteiger partial charge in [0, 0.05) is 5.56 Å². The van der Waals surface area contributed by atoms with Crippen molar-refractivity contribution in [2.45, 2.75) is 45.1 Å². The minimum atomic E-state index is -0.506. The fourth-order valence-corrected chi connectivity index (χ4v) is 2.55. The molecule has 1 atom stereocenters. The molecule has 1 aromatic carbocycles. The summed E-state index contributed by atoms with van der Waals surface area (Å²) in [6.07, 6.45) is 4.84. The van der Waals surface area contributed by atoms with Gasteiger partial charge < -0.3 is 14.6 Å². The number of aliphatic hydroxyl groups is 1. The predicted octanol–water partition coefficient (Wildman–Crippen LogP) is 4.47. The van der Waals surface area contributed by atoms with Crippen LogP contribution in [0.15, 0.2) is 16.6 Å². The maximum absolute atomic E-state index is 10.3. The Labute approximate surface area is 124 Å². The first-order chi connectivity index (χ1) is 9.13. The normalized spacial score (nSPS) is 12.3. The molecule has 0 aliphatic rings. The van der Waals surface area contributed by atoms with Crippen molar-refractivity contribution in [3.8, 4) is 11.5 Å². The van der Waals surface area contributed by atoms with E-state index in [1.165, 1.54) is 12.8 Å². The summed E-state index contributed by atoms with van der Waals surface area (Å²) in [5.74, 6) is 1.40. The van der Waals surface area contributed by atoms with Crippen molar-refractivity contribution in [2.75, 3.05) is 14.2 Å². The average Bonchev–Trinajstić information content (AvgIpc) is 2.42. The smallest absolute Gasteiger partial charge is 0.133 e. The van der Waals surface area contributed by atoms with Gasteiger partial charge in [0.1, 0.15) is 11.5 Å². The quantitative estimate of drug-likeness (QED) is 0.714. The molecule has 4 heteroatoms. The maximum atomic E-state index is 10.3.